The van der Waals surface area contributed by atoms with Crippen molar-refractivity contribution in [3.05, 3.63) is 40.3 Å². The molecule has 0 fully saturated rings. The Hall–Kier alpha value is -2.63. The largest absolute Gasteiger partial charge is 0.481 e. The average molecular weight is 271 g/mol. The van der Waals surface area contributed by atoms with Crippen molar-refractivity contribution in [3.8, 4) is 0 Å². The number of rotatable bonds is 3. The van der Waals surface area contributed by atoms with Gasteiger partial charge in [0.05, 0.1) is 12.1 Å². The van der Waals surface area contributed by atoms with Crippen LogP contribution in [0, 0.1) is 0 Å². The number of pyridine rings is 1. The number of H-pyrrole nitrogens is 1. The predicted molar refractivity (Wildman–Crippen MR) is 74.9 cm³/mol. The summed E-state index contributed by atoms with van der Waals surface area (Å²) in [7, 11) is 0. The first-order valence-electron chi connectivity index (χ1n) is 6.34. The number of aryl methyl sites for hydroxylation is 1. The minimum Gasteiger partial charge on any atom is -0.481 e. The molecule has 1 aromatic carbocycles. The number of aromatic nitrogens is 3. The van der Waals surface area contributed by atoms with Crippen LogP contribution in [0.1, 0.15) is 12.6 Å². The Morgan fingerprint density at radius 3 is 2.85 bits per heavy atom. The maximum Gasteiger partial charge on any atom is 0.309 e. The zero-order valence-corrected chi connectivity index (χ0v) is 10.9. The molecule has 0 radical (unpaired) electrons. The molecule has 0 bridgehead atoms. The third-order valence-electron chi connectivity index (χ3n) is 3.34. The Morgan fingerprint density at radius 2 is 2.15 bits per heavy atom. The maximum atomic E-state index is 12.1. The van der Waals surface area contributed by atoms with E-state index < -0.39 is 5.97 Å². The van der Waals surface area contributed by atoms with E-state index in [1.54, 1.807) is 10.7 Å². The highest BCUT2D eigenvalue weighted by Crippen LogP contribution is 2.24. The number of nitrogens with one attached hydrogen (secondary N) is 1. The molecule has 0 aliphatic rings. The fourth-order valence-corrected chi connectivity index (χ4v) is 2.51. The van der Waals surface area contributed by atoms with Crippen molar-refractivity contribution in [2.24, 2.45) is 0 Å². The molecule has 20 heavy (non-hydrogen) atoms. The van der Waals surface area contributed by atoms with E-state index in [1.165, 1.54) is 0 Å². The minimum absolute atomic E-state index is 0.155. The van der Waals surface area contributed by atoms with E-state index in [2.05, 4.69) is 10.1 Å². The lowest BCUT2D eigenvalue weighted by atomic mass is 10.1. The van der Waals surface area contributed by atoms with E-state index in [0.717, 1.165) is 5.39 Å². The SMILES string of the molecule is CCn1nc2c(=O)[nH]c3ccccc3c2c1CC(=O)O. The number of aliphatic carboxylic acids is 1. The summed E-state index contributed by atoms with van der Waals surface area (Å²) in [6, 6.07) is 7.34. The molecule has 3 aromatic rings. The number of aromatic amines is 1. The number of nitrogens with zero attached hydrogens (tertiary/aromatic N) is 2. The van der Waals surface area contributed by atoms with E-state index >= 15 is 0 Å². The van der Waals surface area contributed by atoms with Crippen LogP contribution in [0.2, 0.25) is 0 Å². The van der Waals surface area contributed by atoms with Crippen LogP contribution in [0.3, 0.4) is 0 Å². The molecule has 0 atom stereocenters. The second kappa shape index (κ2) is 4.48. The molecule has 0 saturated heterocycles. The lowest BCUT2D eigenvalue weighted by molar-refractivity contribution is -0.136. The van der Waals surface area contributed by atoms with Gasteiger partial charge in [-0.25, -0.2) is 0 Å². The summed E-state index contributed by atoms with van der Waals surface area (Å²) >= 11 is 0. The highest BCUT2D eigenvalue weighted by atomic mass is 16.4. The summed E-state index contributed by atoms with van der Waals surface area (Å²) in [6.07, 6.45) is -0.155. The van der Waals surface area contributed by atoms with E-state index in [1.807, 2.05) is 25.1 Å². The molecule has 0 aliphatic heterocycles. The van der Waals surface area contributed by atoms with Gasteiger partial charge in [0.25, 0.3) is 5.56 Å². The van der Waals surface area contributed by atoms with Crippen LogP contribution >= 0.6 is 0 Å². The van der Waals surface area contributed by atoms with Crippen molar-refractivity contribution >= 4 is 27.8 Å². The summed E-state index contributed by atoms with van der Waals surface area (Å²) < 4.78 is 1.58. The second-order valence-corrected chi connectivity index (χ2v) is 4.56. The van der Waals surface area contributed by atoms with Gasteiger partial charge in [0.1, 0.15) is 0 Å². The molecule has 0 spiro atoms. The minimum atomic E-state index is -0.939. The topological polar surface area (TPSA) is 88.0 Å². The number of carboxylic acids is 1. The number of carbonyl (C=O) groups is 1. The van der Waals surface area contributed by atoms with Crippen molar-refractivity contribution in [3.63, 3.8) is 0 Å². The van der Waals surface area contributed by atoms with Gasteiger partial charge in [-0.1, -0.05) is 18.2 Å². The lowest BCUT2D eigenvalue weighted by Gasteiger charge is -2.03. The van der Waals surface area contributed by atoms with Crippen molar-refractivity contribution in [2.75, 3.05) is 0 Å². The van der Waals surface area contributed by atoms with E-state index in [-0.39, 0.29) is 12.0 Å². The van der Waals surface area contributed by atoms with E-state index in [9.17, 15) is 9.59 Å². The fraction of sp³-hybridized carbons (Fsp3) is 0.214. The first-order valence-corrected chi connectivity index (χ1v) is 6.34. The van der Waals surface area contributed by atoms with E-state index in [4.69, 9.17) is 5.11 Å². The molecule has 0 amide bonds. The summed E-state index contributed by atoms with van der Waals surface area (Å²) in [4.78, 5) is 25.9. The lowest BCUT2D eigenvalue weighted by Crippen LogP contribution is -2.08. The first-order chi connectivity index (χ1) is 9.61. The molecule has 3 rings (SSSR count). The standard InChI is InChI=1S/C14H13N3O3/c1-2-17-10(7-11(18)19)12-8-5-3-4-6-9(8)15-14(20)13(12)16-17/h3-6H,2,7H2,1H3,(H,15,20)(H,18,19). The van der Waals surface area contributed by atoms with Crippen molar-refractivity contribution < 1.29 is 9.90 Å². The quantitative estimate of drug-likeness (QED) is 0.756. The van der Waals surface area contributed by atoms with Crippen molar-refractivity contribution in [2.45, 2.75) is 19.9 Å². The van der Waals surface area contributed by atoms with Gasteiger partial charge >= 0.3 is 5.97 Å². The van der Waals surface area contributed by atoms with Gasteiger partial charge in [0, 0.05) is 22.8 Å². The van der Waals surface area contributed by atoms with Gasteiger partial charge < -0.3 is 10.1 Å². The maximum absolute atomic E-state index is 12.1. The number of hydrogen-bond acceptors (Lipinski definition) is 3. The average Bonchev–Trinajstić information content (AvgIpc) is 2.78. The third kappa shape index (κ3) is 1.77. The van der Waals surface area contributed by atoms with Gasteiger partial charge in [0.15, 0.2) is 5.52 Å². The number of benzene rings is 1. The smallest absolute Gasteiger partial charge is 0.309 e. The van der Waals surface area contributed by atoms with Crippen molar-refractivity contribution in [1.82, 2.24) is 14.8 Å². The van der Waals surface area contributed by atoms with Gasteiger partial charge in [-0.2, -0.15) is 5.10 Å². The second-order valence-electron chi connectivity index (χ2n) is 4.56. The molecular formula is C14H13N3O3. The molecule has 6 heteroatoms. The number of fused-ring (bicyclic) bond motifs is 3. The first kappa shape index (κ1) is 12.4. The zero-order chi connectivity index (χ0) is 14.3. The molecule has 102 valence electrons. The molecule has 0 aliphatic carbocycles. The molecule has 2 N–H and O–H groups in total. The Bertz CT molecular complexity index is 876. The Balaban J connectivity index is 2.51. The van der Waals surface area contributed by atoms with Crippen LogP contribution in [0.25, 0.3) is 21.8 Å². The number of carboxylic acid groups (broad SMARTS) is 1. The van der Waals surface area contributed by atoms with Gasteiger partial charge in [-0.05, 0) is 13.0 Å². The number of hydrogen-bond donors (Lipinski definition) is 2. The summed E-state index contributed by atoms with van der Waals surface area (Å²) in [5.74, 6) is -0.939. The molecule has 2 aromatic heterocycles. The van der Waals surface area contributed by atoms with E-state index in [0.29, 0.717) is 28.7 Å². The van der Waals surface area contributed by atoms with Gasteiger partial charge in [0.2, 0.25) is 0 Å². The normalized spacial score (nSPS) is 11.2. The summed E-state index contributed by atoms with van der Waals surface area (Å²) in [5, 5.41) is 14.8. The van der Waals surface area contributed by atoms with Crippen LogP contribution in [0.15, 0.2) is 29.1 Å². The Kier molecular flexibility index (Phi) is 2.78. The van der Waals surface area contributed by atoms with Crippen LogP contribution in [0.4, 0.5) is 0 Å². The molecular weight excluding hydrogens is 258 g/mol. The fourth-order valence-electron chi connectivity index (χ4n) is 2.51. The number of para-hydroxylation sites is 1. The molecule has 2 heterocycles. The molecule has 0 saturated carbocycles. The monoisotopic (exact) mass is 271 g/mol. The van der Waals surface area contributed by atoms with Gasteiger partial charge in [-0.15, -0.1) is 0 Å². The molecule has 0 unspecified atom stereocenters. The molecule has 6 nitrogen and oxygen atoms in total. The van der Waals surface area contributed by atoms with Gasteiger partial charge in [-0.3, -0.25) is 14.3 Å². The third-order valence-corrected chi connectivity index (χ3v) is 3.34. The Morgan fingerprint density at radius 1 is 1.40 bits per heavy atom. The van der Waals surface area contributed by atoms with Crippen molar-refractivity contribution in [1.29, 1.82) is 0 Å². The van der Waals surface area contributed by atoms with Crippen LogP contribution < -0.4 is 5.56 Å². The predicted octanol–water partition coefficient (Wildman–Crippen LogP) is 1.52. The Labute approximate surface area is 113 Å². The zero-order valence-electron chi connectivity index (χ0n) is 10.9. The highest BCUT2D eigenvalue weighted by Gasteiger charge is 2.18. The van der Waals surface area contributed by atoms with Crippen LogP contribution in [-0.2, 0) is 17.8 Å². The summed E-state index contributed by atoms with van der Waals surface area (Å²) in [5.41, 5.74) is 1.25. The summed E-state index contributed by atoms with van der Waals surface area (Å²) in [6.45, 7) is 2.39. The highest BCUT2D eigenvalue weighted by molar-refractivity contribution is 6.06. The van der Waals surface area contributed by atoms with Crippen LogP contribution in [0.5, 0.6) is 0 Å². The van der Waals surface area contributed by atoms with Crippen LogP contribution in [-0.4, -0.2) is 25.8 Å².